The van der Waals surface area contributed by atoms with Crippen LogP contribution in [0.2, 0.25) is 0 Å². The Balaban J connectivity index is 1.63. The number of nitrogens with zero attached hydrogens (tertiary/aromatic N) is 1. The first kappa shape index (κ1) is 16.7. The number of rotatable bonds is 5. The predicted octanol–water partition coefficient (Wildman–Crippen LogP) is 3.38. The van der Waals surface area contributed by atoms with Crippen LogP contribution in [0.3, 0.4) is 0 Å². The molecule has 1 aromatic carbocycles. The van der Waals surface area contributed by atoms with Gasteiger partial charge >= 0.3 is 0 Å². The van der Waals surface area contributed by atoms with Gasteiger partial charge in [-0.05, 0) is 56.3 Å². The summed E-state index contributed by atoms with van der Waals surface area (Å²) in [6, 6.07) is 6.45. The maximum absolute atomic E-state index is 6.08. The second-order valence-electron chi connectivity index (χ2n) is 6.84. The summed E-state index contributed by atoms with van der Waals surface area (Å²) >= 11 is 0. The second-order valence-corrected chi connectivity index (χ2v) is 6.84. The third kappa shape index (κ3) is 4.06. The molecule has 4 heteroatoms. The zero-order valence-corrected chi connectivity index (χ0v) is 14.5. The Morgan fingerprint density at radius 2 is 2.00 bits per heavy atom. The molecule has 0 saturated carbocycles. The summed E-state index contributed by atoms with van der Waals surface area (Å²) in [6.07, 6.45) is 6.12. The van der Waals surface area contributed by atoms with Crippen LogP contribution in [0.5, 0.6) is 5.75 Å². The lowest BCUT2D eigenvalue weighted by atomic mass is 9.92. The molecule has 0 aromatic heterocycles. The highest BCUT2D eigenvalue weighted by Crippen LogP contribution is 2.36. The van der Waals surface area contributed by atoms with Gasteiger partial charge in [0, 0.05) is 32.4 Å². The van der Waals surface area contributed by atoms with Crippen LogP contribution in [-0.4, -0.2) is 44.4 Å². The lowest BCUT2D eigenvalue weighted by molar-refractivity contribution is -0.00737. The molecule has 1 aromatic rings. The first-order valence-electron chi connectivity index (χ1n) is 8.76. The maximum Gasteiger partial charge on any atom is 0.124 e. The molecule has 0 bridgehead atoms. The Morgan fingerprint density at radius 3 is 2.74 bits per heavy atom. The molecule has 128 valence electrons. The van der Waals surface area contributed by atoms with Crippen molar-refractivity contribution in [3.05, 3.63) is 29.3 Å². The summed E-state index contributed by atoms with van der Waals surface area (Å²) < 4.78 is 16.8. The van der Waals surface area contributed by atoms with E-state index in [1.54, 1.807) is 14.2 Å². The molecule has 3 rings (SSSR count). The van der Waals surface area contributed by atoms with Crippen molar-refractivity contribution in [3.8, 4) is 5.75 Å². The van der Waals surface area contributed by atoms with Crippen LogP contribution >= 0.6 is 0 Å². The normalized spacial score (nSPS) is 25.7. The van der Waals surface area contributed by atoms with E-state index < -0.39 is 0 Å². The monoisotopic (exact) mass is 319 g/mol. The van der Waals surface area contributed by atoms with Gasteiger partial charge in [-0.25, -0.2) is 0 Å². The summed E-state index contributed by atoms with van der Waals surface area (Å²) in [5, 5.41) is 0. The van der Waals surface area contributed by atoms with E-state index in [2.05, 4.69) is 23.1 Å². The van der Waals surface area contributed by atoms with E-state index in [9.17, 15) is 0 Å². The standard InChI is InChI=1S/C19H29NO3/c1-21-15-17-13-16(5-6-18(17)22-2)14-20-10-3-7-19(9-11-20)8-4-12-23-19/h5-6,13H,3-4,7-12,14-15H2,1-2H3. The van der Waals surface area contributed by atoms with Gasteiger partial charge in [0.1, 0.15) is 5.75 Å². The van der Waals surface area contributed by atoms with Crippen LogP contribution in [0, 0.1) is 0 Å². The summed E-state index contributed by atoms with van der Waals surface area (Å²) in [4.78, 5) is 2.56. The SMILES string of the molecule is COCc1cc(CN2CCCC3(CCCO3)CC2)ccc1OC. The molecule has 0 amide bonds. The van der Waals surface area contributed by atoms with Gasteiger partial charge in [0.15, 0.2) is 0 Å². The van der Waals surface area contributed by atoms with E-state index in [0.717, 1.165) is 37.6 Å². The van der Waals surface area contributed by atoms with Crippen molar-refractivity contribution in [1.82, 2.24) is 4.90 Å². The van der Waals surface area contributed by atoms with Crippen LogP contribution in [0.15, 0.2) is 18.2 Å². The number of hydrogen-bond acceptors (Lipinski definition) is 4. The van der Waals surface area contributed by atoms with Crippen molar-refractivity contribution in [2.75, 3.05) is 33.9 Å². The van der Waals surface area contributed by atoms with Crippen LogP contribution in [0.25, 0.3) is 0 Å². The molecule has 2 fully saturated rings. The molecule has 4 nitrogen and oxygen atoms in total. The summed E-state index contributed by atoms with van der Waals surface area (Å²) in [7, 11) is 3.44. The van der Waals surface area contributed by atoms with E-state index >= 15 is 0 Å². The predicted molar refractivity (Wildman–Crippen MR) is 90.8 cm³/mol. The largest absolute Gasteiger partial charge is 0.496 e. The lowest BCUT2D eigenvalue weighted by Gasteiger charge is -2.27. The third-order valence-corrected chi connectivity index (χ3v) is 5.23. The highest BCUT2D eigenvalue weighted by molar-refractivity contribution is 5.37. The Labute approximate surface area is 139 Å². The first-order valence-corrected chi connectivity index (χ1v) is 8.76. The molecule has 1 unspecified atom stereocenters. The van der Waals surface area contributed by atoms with Crippen molar-refractivity contribution in [2.45, 2.75) is 50.9 Å². The van der Waals surface area contributed by atoms with Crippen LogP contribution < -0.4 is 4.74 Å². The minimum absolute atomic E-state index is 0.190. The Kier molecular flexibility index (Phi) is 5.57. The van der Waals surface area contributed by atoms with Gasteiger partial charge in [0.25, 0.3) is 0 Å². The Morgan fingerprint density at radius 1 is 1.13 bits per heavy atom. The number of methoxy groups -OCH3 is 2. The van der Waals surface area contributed by atoms with Crippen molar-refractivity contribution >= 4 is 0 Å². The topological polar surface area (TPSA) is 30.9 Å². The zero-order valence-electron chi connectivity index (χ0n) is 14.5. The highest BCUT2D eigenvalue weighted by Gasteiger charge is 2.36. The van der Waals surface area contributed by atoms with E-state index in [1.165, 1.54) is 37.7 Å². The molecule has 2 heterocycles. The Bertz CT molecular complexity index is 511. The number of ether oxygens (including phenoxy) is 3. The first-order chi connectivity index (χ1) is 11.2. The van der Waals surface area contributed by atoms with Crippen LogP contribution in [0.4, 0.5) is 0 Å². The number of likely N-dealkylation sites (tertiary alicyclic amines) is 1. The molecule has 0 N–H and O–H groups in total. The fourth-order valence-corrected chi connectivity index (χ4v) is 3.99. The van der Waals surface area contributed by atoms with Crippen LogP contribution in [-0.2, 0) is 22.6 Å². The summed E-state index contributed by atoms with van der Waals surface area (Å²) in [5.41, 5.74) is 2.65. The maximum atomic E-state index is 6.08. The van der Waals surface area contributed by atoms with Crippen LogP contribution in [0.1, 0.15) is 43.2 Å². The summed E-state index contributed by atoms with van der Waals surface area (Å²) in [6.45, 7) is 4.84. The average molecular weight is 319 g/mol. The number of benzene rings is 1. The van der Waals surface area contributed by atoms with Gasteiger partial charge in [0.2, 0.25) is 0 Å². The fourth-order valence-electron chi connectivity index (χ4n) is 3.99. The van der Waals surface area contributed by atoms with Crippen molar-refractivity contribution < 1.29 is 14.2 Å². The van der Waals surface area contributed by atoms with Gasteiger partial charge in [-0.1, -0.05) is 6.07 Å². The fraction of sp³-hybridized carbons (Fsp3) is 0.684. The minimum atomic E-state index is 0.190. The number of hydrogen-bond donors (Lipinski definition) is 0. The molecule has 1 spiro atoms. The van der Waals surface area contributed by atoms with Gasteiger partial charge in [-0.15, -0.1) is 0 Å². The molecule has 2 aliphatic heterocycles. The third-order valence-electron chi connectivity index (χ3n) is 5.23. The minimum Gasteiger partial charge on any atom is -0.496 e. The van der Waals surface area contributed by atoms with Crippen molar-refractivity contribution in [1.29, 1.82) is 0 Å². The van der Waals surface area contributed by atoms with E-state index in [4.69, 9.17) is 14.2 Å². The van der Waals surface area contributed by atoms with E-state index in [0.29, 0.717) is 6.61 Å². The smallest absolute Gasteiger partial charge is 0.124 e. The zero-order chi connectivity index (χ0) is 16.1. The van der Waals surface area contributed by atoms with Gasteiger partial charge < -0.3 is 14.2 Å². The molecule has 0 radical (unpaired) electrons. The summed E-state index contributed by atoms with van der Waals surface area (Å²) in [5.74, 6) is 0.907. The van der Waals surface area contributed by atoms with Gasteiger partial charge in [0.05, 0.1) is 19.3 Å². The molecular formula is C19H29NO3. The molecule has 2 saturated heterocycles. The molecular weight excluding hydrogens is 290 g/mol. The van der Waals surface area contributed by atoms with E-state index in [1.807, 2.05) is 0 Å². The van der Waals surface area contributed by atoms with Gasteiger partial charge in [-0.3, -0.25) is 4.90 Å². The lowest BCUT2D eigenvalue weighted by Crippen LogP contribution is -2.30. The Hall–Kier alpha value is -1.10. The molecule has 2 aliphatic rings. The molecule has 0 aliphatic carbocycles. The second kappa shape index (κ2) is 7.65. The average Bonchev–Trinajstić information content (AvgIpc) is 2.93. The molecule has 1 atom stereocenters. The quantitative estimate of drug-likeness (QED) is 0.832. The van der Waals surface area contributed by atoms with Crippen molar-refractivity contribution in [3.63, 3.8) is 0 Å². The van der Waals surface area contributed by atoms with Gasteiger partial charge in [-0.2, -0.15) is 0 Å². The van der Waals surface area contributed by atoms with Crippen molar-refractivity contribution in [2.24, 2.45) is 0 Å². The van der Waals surface area contributed by atoms with E-state index in [-0.39, 0.29) is 5.60 Å². The highest BCUT2D eigenvalue weighted by atomic mass is 16.5. The molecule has 23 heavy (non-hydrogen) atoms.